The molecule has 5 aromatic rings. The molecule has 3 atom stereocenters. The van der Waals surface area contributed by atoms with Crippen LogP contribution in [0.3, 0.4) is 0 Å². The first-order chi connectivity index (χ1) is 19.5. The number of carbonyl (C=O) groups is 1. The molecule has 5 heterocycles. The molecule has 0 radical (unpaired) electrons. The van der Waals surface area contributed by atoms with E-state index >= 15 is 0 Å². The smallest absolute Gasteiger partial charge is 0.254 e. The van der Waals surface area contributed by atoms with Crippen LogP contribution in [0.4, 0.5) is 0 Å². The predicted molar refractivity (Wildman–Crippen MR) is 158 cm³/mol. The average molecular weight is 553 g/mol. The first kappa shape index (κ1) is 24.1. The van der Waals surface area contributed by atoms with Gasteiger partial charge in [0.25, 0.3) is 5.91 Å². The second kappa shape index (κ2) is 8.91. The average Bonchev–Trinajstić information content (AvgIpc) is 3.21. The predicted octanol–water partition coefficient (Wildman–Crippen LogP) is 5.30. The Hall–Kier alpha value is -3.69. The van der Waals surface area contributed by atoms with Crippen LogP contribution in [0.15, 0.2) is 48.8 Å². The summed E-state index contributed by atoms with van der Waals surface area (Å²) in [4.78, 5) is 26.2. The normalized spacial score (nSPS) is 22.2. The number of imidazole rings is 1. The molecule has 204 valence electrons. The molecule has 3 aliphatic rings. The van der Waals surface area contributed by atoms with Gasteiger partial charge in [0.2, 0.25) is 0 Å². The zero-order valence-electron chi connectivity index (χ0n) is 22.7. The molecule has 1 aromatic carbocycles. The van der Waals surface area contributed by atoms with Crippen LogP contribution >= 0.6 is 11.3 Å². The molecule has 2 aliphatic carbocycles. The largest absolute Gasteiger partial charge is 0.494 e. The number of nitrogens with zero attached hydrogens (tertiary/aromatic N) is 5. The van der Waals surface area contributed by atoms with Gasteiger partial charge >= 0.3 is 0 Å². The maximum atomic E-state index is 13.6. The van der Waals surface area contributed by atoms with Crippen LogP contribution in [0.2, 0.25) is 0 Å². The van der Waals surface area contributed by atoms with Gasteiger partial charge in [-0.05, 0) is 79.5 Å². The number of aryl methyl sites for hydroxylation is 1. The Labute approximate surface area is 236 Å². The summed E-state index contributed by atoms with van der Waals surface area (Å²) in [6.07, 6.45) is 8.33. The van der Waals surface area contributed by atoms with Gasteiger partial charge < -0.3 is 24.5 Å². The number of thiophene rings is 1. The molecule has 2 saturated carbocycles. The van der Waals surface area contributed by atoms with Crippen molar-refractivity contribution in [3.05, 3.63) is 54.4 Å². The molecule has 1 amide bonds. The number of fused-ring (bicyclic) bond motifs is 4. The number of piperidine rings is 1. The topological polar surface area (TPSA) is 91.2 Å². The summed E-state index contributed by atoms with van der Waals surface area (Å²) in [6.45, 7) is 1.72. The van der Waals surface area contributed by atoms with E-state index in [1.165, 1.54) is 33.5 Å². The van der Waals surface area contributed by atoms with Gasteiger partial charge in [-0.15, -0.1) is 11.3 Å². The number of likely N-dealkylation sites (tertiary alicyclic amines) is 1. The first-order valence-corrected chi connectivity index (χ1v) is 15.0. The van der Waals surface area contributed by atoms with Crippen molar-refractivity contribution in [1.82, 2.24) is 24.0 Å². The van der Waals surface area contributed by atoms with Gasteiger partial charge in [0.1, 0.15) is 11.3 Å². The van der Waals surface area contributed by atoms with Gasteiger partial charge in [-0.25, -0.2) is 4.98 Å². The lowest BCUT2D eigenvalue weighted by Gasteiger charge is -2.27. The van der Waals surface area contributed by atoms with Crippen LogP contribution in [0, 0.1) is 11.8 Å². The molecule has 1 saturated heterocycles. The van der Waals surface area contributed by atoms with Gasteiger partial charge in [-0.2, -0.15) is 0 Å². The van der Waals surface area contributed by atoms with Crippen LogP contribution in [-0.4, -0.2) is 55.6 Å². The zero-order chi connectivity index (χ0) is 27.1. The molecule has 3 fully saturated rings. The molecule has 40 heavy (non-hydrogen) atoms. The van der Waals surface area contributed by atoms with Crippen LogP contribution in [-0.2, 0) is 13.6 Å². The minimum Gasteiger partial charge on any atom is -0.494 e. The molecular formula is C31H32N6O2S. The molecule has 0 spiro atoms. The summed E-state index contributed by atoms with van der Waals surface area (Å²) < 4.78 is 11.6. The molecule has 8 nitrogen and oxygen atoms in total. The lowest BCUT2D eigenvalue weighted by Crippen LogP contribution is -2.41. The molecule has 2 bridgehead atoms. The summed E-state index contributed by atoms with van der Waals surface area (Å²) in [7, 11) is 3.70. The van der Waals surface area contributed by atoms with Gasteiger partial charge in [-0.3, -0.25) is 9.78 Å². The number of aromatic nitrogens is 4. The van der Waals surface area contributed by atoms with Gasteiger partial charge in [-0.1, -0.05) is 0 Å². The fourth-order valence-corrected chi connectivity index (χ4v) is 8.01. The van der Waals surface area contributed by atoms with Gasteiger partial charge in [0.15, 0.2) is 5.82 Å². The Kier molecular flexibility index (Phi) is 5.37. The van der Waals surface area contributed by atoms with Crippen molar-refractivity contribution in [2.24, 2.45) is 24.6 Å². The number of carbonyl (C=O) groups excluding carboxylic acids is 1. The van der Waals surface area contributed by atoms with Gasteiger partial charge in [0.05, 0.1) is 28.5 Å². The molecule has 1 aliphatic heterocycles. The third-order valence-electron chi connectivity index (χ3n) is 9.24. The molecule has 4 aromatic heterocycles. The number of hydrogen-bond acceptors (Lipinski definition) is 6. The third-order valence-corrected chi connectivity index (χ3v) is 10.4. The van der Waals surface area contributed by atoms with E-state index < -0.39 is 0 Å². The van der Waals surface area contributed by atoms with E-state index in [0.717, 1.165) is 48.5 Å². The second-order valence-electron chi connectivity index (χ2n) is 11.7. The molecular weight excluding hydrogens is 520 g/mol. The van der Waals surface area contributed by atoms with Crippen LogP contribution in [0.1, 0.15) is 36.0 Å². The first-order valence-electron chi connectivity index (χ1n) is 14.1. The molecule has 9 heteroatoms. The highest BCUT2D eigenvalue weighted by Crippen LogP contribution is 2.42. The molecule has 8 rings (SSSR count). The fourth-order valence-electron chi connectivity index (χ4n) is 6.91. The Morgan fingerprint density at radius 1 is 1.12 bits per heavy atom. The van der Waals surface area contributed by atoms with E-state index in [9.17, 15) is 4.79 Å². The SMILES string of the molecule is COc1cc(C(=O)N2C[C@H]3CC[C@@H]2[C@@H]3N)cc2nc(-c3cc4sc(-c5ccncc5)cc4n3CC3CC3)n(C)c12. The zero-order valence-corrected chi connectivity index (χ0v) is 23.5. The lowest BCUT2D eigenvalue weighted by atomic mass is 10.1. The summed E-state index contributed by atoms with van der Waals surface area (Å²) in [5.41, 5.74) is 12.2. The summed E-state index contributed by atoms with van der Waals surface area (Å²) >= 11 is 1.80. The van der Waals surface area contributed by atoms with Crippen molar-refractivity contribution in [1.29, 1.82) is 0 Å². The fraction of sp³-hybridized carbons (Fsp3) is 0.387. The monoisotopic (exact) mass is 552 g/mol. The highest BCUT2D eigenvalue weighted by molar-refractivity contribution is 7.22. The van der Waals surface area contributed by atoms with E-state index in [0.29, 0.717) is 23.1 Å². The summed E-state index contributed by atoms with van der Waals surface area (Å²) in [6, 6.07) is 12.7. The Balaban J connectivity index is 1.23. The Morgan fingerprint density at radius 3 is 2.65 bits per heavy atom. The van der Waals surface area contributed by atoms with E-state index in [1.54, 1.807) is 18.4 Å². The van der Waals surface area contributed by atoms with Crippen molar-refractivity contribution in [3.63, 3.8) is 0 Å². The Morgan fingerprint density at radius 2 is 1.95 bits per heavy atom. The Bertz CT molecular complexity index is 1780. The standard InChI is InChI=1S/C31H32N6O2S/c1-35-29-21(11-20(12-25(29)39-2)31(38)37-16-19-5-6-22(37)28(19)32)34-30(35)24-14-27-23(36(24)15-17-3-4-17)13-26(40-27)18-7-9-33-10-8-18/h7-14,17,19,22,28H,3-6,15-16,32H2,1-2H3/t19-,22-,28-/m1/s1. The maximum Gasteiger partial charge on any atom is 0.254 e. The van der Waals surface area contributed by atoms with Crippen LogP contribution < -0.4 is 10.5 Å². The van der Waals surface area contributed by atoms with Crippen molar-refractivity contribution in [2.45, 2.75) is 44.3 Å². The maximum absolute atomic E-state index is 13.6. The van der Waals surface area contributed by atoms with E-state index in [-0.39, 0.29) is 18.0 Å². The van der Waals surface area contributed by atoms with Crippen molar-refractivity contribution in [3.8, 4) is 27.7 Å². The molecule has 0 unspecified atom stereocenters. The molecule has 2 N–H and O–H groups in total. The van der Waals surface area contributed by atoms with Crippen LogP contribution in [0.5, 0.6) is 5.75 Å². The second-order valence-corrected chi connectivity index (χ2v) is 12.7. The highest BCUT2D eigenvalue weighted by Gasteiger charge is 2.47. The number of ether oxygens (including phenoxy) is 1. The number of benzene rings is 1. The minimum absolute atomic E-state index is 0.0244. The van der Waals surface area contributed by atoms with E-state index in [2.05, 4.69) is 38.4 Å². The number of pyridine rings is 1. The number of methoxy groups -OCH3 is 1. The van der Waals surface area contributed by atoms with Crippen molar-refractivity contribution < 1.29 is 9.53 Å². The van der Waals surface area contributed by atoms with E-state index in [1.807, 2.05) is 36.5 Å². The number of nitrogens with two attached hydrogens (primary N) is 1. The number of rotatable bonds is 6. The number of amides is 1. The van der Waals surface area contributed by atoms with E-state index in [4.69, 9.17) is 15.5 Å². The van der Waals surface area contributed by atoms with Crippen molar-refractivity contribution in [2.75, 3.05) is 13.7 Å². The van der Waals surface area contributed by atoms with Gasteiger partial charge in [0, 0.05) is 55.1 Å². The summed E-state index contributed by atoms with van der Waals surface area (Å²) in [5.74, 6) is 2.69. The number of hydrogen-bond donors (Lipinski definition) is 1. The third kappa shape index (κ3) is 3.64. The quantitative estimate of drug-likeness (QED) is 0.309. The minimum atomic E-state index is 0.0244. The lowest BCUT2D eigenvalue weighted by molar-refractivity contribution is 0.0700. The van der Waals surface area contributed by atoms with Crippen molar-refractivity contribution >= 4 is 38.5 Å². The van der Waals surface area contributed by atoms with Crippen LogP contribution in [0.25, 0.3) is 43.2 Å². The highest BCUT2D eigenvalue weighted by atomic mass is 32.1. The summed E-state index contributed by atoms with van der Waals surface area (Å²) in [5, 5.41) is 0.